The summed E-state index contributed by atoms with van der Waals surface area (Å²) in [6, 6.07) is 0. The second kappa shape index (κ2) is 8.19. The molecule has 1 N–H and O–H groups in total. The first kappa shape index (κ1) is 18.2. The highest BCUT2D eigenvalue weighted by atomic mass is 16.2. The van der Waals surface area contributed by atoms with Crippen molar-refractivity contribution >= 4 is 17.7 Å². The Balaban J connectivity index is 1.39. The summed E-state index contributed by atoms with van der Waals surface area (Å²) in [6.45, 7) is 2.69. The Bertz CT molecular complexity index is 502. The minimum Gasteiger partial charge on any atom is -0.359 e. The first-order valence-electron chi connectivity index (χ1n) is 9.86. The van der Waals surface area contributed by atoms with Gasteiger partial charge in [0.25, 0.3) is 0 Å². The van der Waals surface area contributed by atoms with Crippen LogP contribution < -0.4 is 5.32 Å². The first-order valence-corrected chi connectivity index (χ1v) is 9.86. The van der Waals surface area contributed by atoms with E-state index < -0.39 is 0 Å². The SMILES string of the molecule is CNC(=O)CC1CCN(C(=O)C2CN(C(=O)C3CCCCC3)C2)CC1. The zero-order chi connectivity index (χ0) is 17.8. The molecule has 0 spiro atoms. The van der Waals surface area contributed by atoms with Crippen molar-refractivity contribution in [2.24, 2.45) is 17.8 Å². The van der Waals surface area contributed by atoms with Crippen molar-refractivity contribution in [2.45, 2.75) is 51.4 Å². The van der Waals surface area contributed by atoms with Crippen molar-refractivity contribution < 1.29 is 14.4 Å². The van der Waals surface area contributed by atoms with E-state index in [-0.39, 0.29) is 29.6 Å². The molecule has 0 atom stereocenters. The van der Waals surface area contributed by atoms with Gasteiger partial charge in [0.1, 0.15) is 0 Å². The molecule has 6 heteroatoms. The van der Waals surface area contributed by atoms with Gasteiger partial charge in [-0.05, 0) is 31.6 Å². The molecule has 140 valence electrons. The topological polar surface area (TPSA) is 69.7 Å². The van der Waals surface area contributed by atoms with E-state index in [1.807, 2.05) is 9.80 Å². The average molecular weight is 349 g/mol. The lowest BCUT2D eigenvalue weighted by Gasteiger charge is -2.43. The van der Waals surface area contributed by atoms with E-state index in [1.54, 1.807) is 7.05 Å². The Labute approximate surface area is 150 Å². The van der Waals surface area contributed by atoms with Gasteiger partial charge in [-0.3, -0.25) is 14.4 Å². The van der Waals surface area contributed by atoms with Crippen molar-refractivity contribution in [2.75, 3.05) is 33.2 Å². The van der Waals surface area contributed by atoms with Crippen molar-refractivity contribution in [3.63, 3.8) is 0 Å². The van der Waals surface area contributed by atoms with Crippen LogP contribution >= 0.6 is 0 Å². The summed E-state index contributed by atoms with van der Waals surface area (Å²) in [4.78, 5) is 40.4. The lowest BCUT2D eigenvalue weighted by atomic mass is 9.86. The summed E-state index contributed by atoms with van der Waals surface area (Å²) < 4.78 is 0. The van der Waals surface area contributed by atoms with E-state index in [0.717, 1.165) is 51.6 Å². The quantitative estimate of drug-likeness (QED) is 0.834. The minimum absolute atomic E-state index is 0.0111. The molecule has 2 aliphatic heterocycles. The van der Waals surface area contributed by atoms with Crippen molar-refractivity contribution in [3.05, 3.63) is 0 Å². The molecule has 2 saturated heterocycles. The molecule has 3 aliphatic rings. The van der Waals surface area contributed by atoms with Crippen LogP contribution in [0.5, 0.6) is 0 Å². The molecule has 3 amide bonds. The lowest BCUT2D eigenvalue weighted by molar-refractivity contribution is -0.152. The fraction of sp³-hybridized carbons (Fsp3) is 0.842. The zero-order valence-electron chi connectivity index (χ0n) is 15.3. The molecule has 0 aromatic heterocycles. The van der Waals surface area contributed by atoms with E-state index in [0.29, 0.717) is 25.4 Å². The van der Waals surface area contributed by atoms with E-state index in [1.165, 1.54) is 6.42 Å². The molecule has 3 fully saturated rings. The Morgan fingerprint density at radius 2 is 1.44 bits per heavy atom. The highest BCUT2D eigenvalue weighted by Gasteiger charge is 2.40. The maximum Gasteiger partial charge on any atom is 0.229 e. The molecule has 6 nitrogen and oxygen atoms in total. The Hall–Kier alpha value is -1.59. The number of nitrogens with zero attached hydrogens (tertiary/aromatic N) is 2. The van der Waals surface area contributed by atoms with Crippen LogP contribution in [0.4, 0.5) is 0 Å². The molecule has 0 bridgehead atoms. The van der Waals surface area contributed by atoms with Gasteiger partial charge in [-0.15, -0.1) is 0 Å². The van der Waals surface area contributed by atoms with Gasteiger partial charge in [0.15, 0.2) is 0 Å². The summed E-state index contributed by atoms with van der Waals surface area (Å²) in [5, 5.41) is 2.67. The summed E-state index contributed by atoms with van der Waals surface area (Å²) in [5.41, 5.74) is 0. The Kier molecular flexibility index (Phi) is 5.97. The van der Waals surface area contributed by atoms with Gasteiger partial charge in [-0.2, -0.15) is 0 Å². The van der Waals surface area contributed by atoms with Crippen molar-refractivity contribution in [1.29, 1.82) is 0 Å². The summed E-state index contributed by atoms with van der Waals surface area (Å²) in [6.07, 6.45) is 7.98. The highest BCUT2D eigenvalue weighted by Crippen LogP contribution is 2.30. The van der Waals surface area contributed by atoms with Crippen LogP contribution in [0, 0.1) is 17.8 Å². The number of carbonyl (C=O) groups is 3. The van der Waals surface area contributed by atoms with Crippen molar-refractivity contribution in [1.82, 2.24) is 15.1 Å². The van der Waals surface area contributed by atoms with E-state index in [2.05, 4.69) is 5.32 Å². The number of piperidine rings is 1. The third kappa shape index (κ3) is 4.33. The number of hydrogen-bond acceptors (Lipinski definition) is 3. The van der Waals surface area contributed by atoms with Crippen LogP contribution in [0.1, 0.15) is 51.4 Å². The molecule has 0 aromatic carbocycles. The predicted molar refractivity (Wildman–Crippen MR) is 94.6 cm³/mol. The van der Waals surface area contributed by atoms with Crippen molar-refractivity contribution in [3.8, 4) is 0 Å². The molecular weight excluding hydrogens is 318 g/mol. The van der Waals surface area contributed by atoms with E-state index >= 15 is 0 Å². The summed E-state index contributed by atoms with van der Waals surface area (Å²) in [7, 11) is 1.66. The fourth-order valence-electron chi connectivity index (χ4n) is 4.40. The highest BCUT2D eigenvalue weighted by molar-refractivity contribution is 5.85. The fourth-order valence-corrected chi connectivity index (χ4v) is 4.40. The van der Waals surface area contributed by atoms with E-state index in [4.69, 9.17) is 0 Å². The zero-order valence-corrected chi connectivity index (χ0v) is 15.3. The van der Waals surface area contributed by atoms with Gasteiger partial charge < -0.3 is 15.1 Å². The number of carbonyl (C=O) groups excluding carboxylic acids is 3. The third-order valence-corrected chi connectivity index (χ3v) is 6.18. The van der Waals surface area contributed by atoms with Crippen LogP contribution in [0.2, 0.25) is 0 Å². The summed E-state index contributed by atoms with van der Waals surface area (Å²) >= 11 is 0. The van der Waals surface area contributed by atoms with Crippen LogP contribution in [0.25, 0.3) is 0 Å². The van der Waals surface area contributed by atoms with E-state index in [9.17, 15) is 14.4 Å². The number of rotatable bonds is 4. The molecule has 0 radical (unpaired) electrons. The Morgan fingerprint density at radius 1 is 0.840 bits per heavy atom. The number of hydrogen-bond donors (Lipinski definition) is 1. The molecule has 25 heavy (non-hydrogen) atoms. The van der Waals surface area contributed by atoms with Gasteiger partial charge in [-0.1, -0.05) is 19.3 Å². The largest absolute Gasteiger partial charge is 0.359 e. The maximum absolute atomic E-state index is 12.6. The van der Waals surface area contributed by atoms with Gasteiger partial charge in [-0.25, -0.2) is 0 Å². The lowest BCUT2D eigenvalue weighted by Crippen LogP contribution is -2.58. The molecule has 0 unspecified atom stereocenters. The standard InChI is InChI=1S/C19H31N3O3/c1-20-17(23)11-14-7-9-21(10-8-14)19(25)16-12-22(13-16)18(24)15-5-3-2-4-6-15/h14-16H,2-13H2,1H3,(H,20,23). The van der Waals surface area contributed by atoms with Gasteiger partial charge in [0, 0.05) is 45.6 Å². The normalized spacial score (nSPS) is 23.2. The predicted octanol–water partition coefficient (Wildman–Crippen LogP) is 1.40. The third-order valence-electron chi connectivity index (χ3n) is 6.18. The average Bonchev–Trinajstić information content (AvgIpc) is 2.61. The molecule has 3 rings (SSSR count). The van der Waals surface area contributed by atoms with Crippen LogP contribution in [0.15, 0.2) is 0 Å². The summed E-state index contributed by atoms with van der Waals surface area (Å²) in [5.74, 6) is 1.13. The second-order valence-corrected chi connectivity index (χ2v) is 7.92. The second-order valence-electron chi connectivity index (χ2n) is 7.92. The van der Waals surface area contributed by atoms with Gasteiger partial charge in [0.2, 0.25) is 17.7 Å². The molecule has 0 aromatic rings. The van der Waals surface area contributed by atoms with Crippen LogP contribution in [0.3, 0.4) is 0 Å². The van der Waals surface area contributed by atoms with Gasteiger partial charge >= 0.3 is 0 Å². The molecular formula is C19H31N3O3. The Morgan fingerprint density at radius 3 is 2.04 bits per heavy atom. The first-order chi connectivity index (χ1) is 12.1. The van der Waals surface area contributed by atoms with Crippen LogP contribution in [-0.4, -0.2) is 60.7 Å². The monoisotopic (exact) mass is 349 g/mol. The minimum atomic E-state index is -0.0111. The number of amides is 3. The number of nitrogens with one attached hydrogen (secondary N) is 1. The molecule has 1 saturated carbocycles. The van der Waals surface area contributed by atoms with Crippen LogP contribution in [-0.2, 0) is 14.4 Å². The smallest absolute Gasteiger partial charge is 0.229 e. The molecule has 1 aliphatic carbocycles. The molecule has 2 heterocycles. The maximum atomic E-state index is 12.6. The number of likely N-dealkylation sites (tertiary alicyclic amines) is 2. The van der Waals surface area contributed by atoms with Gasteiger partial charge in [0.05, 0.1) is 5.92 Å².